The molecular formula is C20H20F4N2O2. The largest absolute Gasteiger partial charge is 0.465 e. The summed E-state index contributed by atoms with van der Waals surface area (Å²) in [4.78, 5) is 12.6. The van der Waals surface area contributed by atoms with Gasteiger partial charge in [-0.2, -0.15) is 13.2 Å². The van der Waals surface area contributed by atoms with E-state index in [9.17, 15) is 27.5 Å². The second-order valence-corrected chi connectivity index (χ2v) is 6.77. The van der Waals surface area contributed by atoms with E-state index in [-0.39, 0.29) is 6.54 Å². The highest BCUT2D eigenvalue weighted by molar-refractivity contribution is 5.66. The van der Waals surface area contributed by atoms with Gasteiger partial charge < -0.3 is 15.3 Å². The Balaban J connectivity index is 1.68. The Kier molecular flexibility index (Phi) is 5.76. The molecule has 0 radical (unpaired) electrons. The summed E-state index contributed by atoms with van der Waals surface area (Å²) in [6.45, 7) is 0.620. The Morgan fingerprint density at radius 1 is 1.14 bits per heavy atom. The second-order valence-electron chi connectivity index (χ2n) is 6.77. The van der Waals surface area contributed by atoms with Crippen molar-refractivity contribution in [2.24, 2.45) is 0 Å². The molecule has 0 bridgehead atoms. The first-order chi connectivity index (χ1) is 13.3. The van der Waals surface area contributed by atoms with Gasteiger partial charge in [0.25, 0.3) is 0 Å². The van der Waals surface area contributed by atoms with E-state index >= 15 is 0 Å². The van der Waals surface area contributed by atoms with Gasteiger partial charge in [0.15, 0.2) is 0 Å². The fraction of sp³-hybridized carbons (Fsp3) is 0.350. The zero-order chi connectivity index (χ0) is 20.3. The fourth-order valence-electron chi connectivity index (χ4n) is 3.41. The van der Waals surface area contributed by atoms with Crippen LogP contribution in [-0.2, 0) is 12.7 Å². The van der Waals surface area contributed by atoms with Crippen LogP contribution in [0.2, 0.25) is 0 Å². The predicted molar refractivity (Wildman–Crippen MR) is 96.5 cm³/mol. The van der Waals surface area contributed by atoms with E-state index in [1.54, 1.807) is 12.1 Å². The first-order valence-electron chi connectivity index (χ1n) is 8.95. The maximum atomic E-state index is 14.6. The quantitative estimate of drug-likeness (QED) is 0.656. The van der Waals surface area contributed by atoms with E-state index in [0.29, 0.717) is 29.8 Å². The highest BCUT2D eigenvalue weighted by atomic mass is 19.4. The van der Waals surface area contributed by atoms with Crippen LogP contribution in [0.1, 0.15) is 42.0 Å². The fourth-order valence-corrected chi connectivity index (χ4v) is 3.41. The lowest BCUT2D eigenvalue weighted by atomic mass is 9.95. The molecule has 1 amide bonds. The number of likely N-dealkylation sites (tertiary alicyclic amines) is 1. The Hall–Kier alpha value is -2.77. The summed E-state index contributed by atoms with van der Waals surface area (Å²) in [5.41, 5.74) is 0.713. The van der Waals surface area contributed by atoms with E-state index in [2.05, 4.69) is 5.32 Å². The molecule has 8 heteroatoms. The number of benzene rings is 2. The average molecular weight is 396 g/mol. The molecule has 2 N–H and O–H groups in total. The minimum atomic E-state index is -4.38. The molecule has 1 aliphatic heterocycles. The SMILES string of the molecule is O=C(O)N1CCCCC1c1ccc(NCc2ccc(C(F)(F)F)cc2)cc1F. The van der Waals surface area contributed by atoms with Gasteiger partial charge in [0.05, 0.1) is 11.6 Å². The van der Waals surface area contributed by atoms with Gasteiger partial charge in [0.2, 0.25) is 0 Å². The van der Waals surface area contributed by atoms with E-state index in [0.717, 1.165) is 25.0 Å². The molecule has 28 heavy (non-hydrogen) atoms. The molecule has 0 aliphatic carbocycles. The van der Waals surface area contributed by atoms with Gasteiger partial charge in [0.1, 0.15) is 5.82 Å². The van der Waals surface area contributed by atoms with Crippen molar-refractivity contribution >= 4 is 11.8 Å². The van der Waals surface area contributed by atoms with Crippen LogP contribution in [0.3, 0.4) is 0 Å². The maximum Gasteiger partial charge on any atom is 0.416 e. The summed E-state index contributed by atoms with van der Waals surface area (Å²) in [5.74, 6) is -0.504. The van der Waals surface area contributed by atoms with Gasteiger partial charge in [0, 0.05) is 24.3 Å². The number of alkyl halides is 3. The minimum Gasteiger partial charge on any atom is -0.465 e. The number of amides is 1. The minimum absolute atomic E-state index is 0.238. The van der Waals surface area contributed by atoms with Crippen LogP contribution < -0.4 is 5.32 Å². The number of carbonyl (C=O) groups is 1. The first kappa shape index (κ1) is 20.0. The van der Waals surface area contributed by atoms with E-state index in [4.69, 9.17) is 0 Å². The predicted octanol–water partition coefficient (Wildman–Crippen LogP) is 5.66. The van der Waals surface area contributed by atoms with Crippen LogP contribution in [0.5, 0.6) is 0 Å². The van der Waals surface area contributed by atoms with E-state index in [1.807, 2.05) is 0 Å². The van der Waals surface area contributed by atoms with Crippen molar-refractivity contribution < 1.29 is 27.5 Å². The third-order valence-corrected chi connectivity index (χ3v) is 4.89. The molecule has 0 aromatic heterocycles. The van der Waals surface area contributed by atoms with Crippen molar-refractivity contribution in [2.75, 3.05) is 11.9 Å². The van der Waals surface area contributed by atoms with Gasteiger partial charge in [-0.05, 0) is 49.1 Å². The topological polar surface area (TPSA) is 52.6 Å². The number of halogens is 4. The number of anilines is 1. The standard InChI is InChI=1S/C20H20F4N2O2/c21-17-11-15(25-12-13-4-6-14(7-5-13)20(22,23)24)8-9-16(17)18-3-1-2-10-26(18)19(27)28/h4-9,11,18,25H,1-3,10,12H2,(H,27,28). The molecule has 1 unspecified atom stereocenters. The van der Waals surface area contributed by atoms with Crippen LogP contribution >= 0.6 is 0 Å². The van der Waals surface area contributed by atoms with Gasteiger partial charge >= 0.3 is 12.3 Å². The monoisotopic (exact) mass is 396 g/mol. The van der Waals surface area contributed by atoms with Crippen LogP contribution in [0, 0.1) is 5.82 Å². The molecule has 1 heterocycles. The Bertz CT molecular complexity index is 837. The molecule has 0 spiro atoms. The van der Waals surface area contributed by atoms with Crippen molar-refractivity contribution in [2.45, 2.75) is 38.0 Å². The number of carboxylic acid groups (broad SMARTS) is 1. The van der Waals surface area contributed by atoms with Crippen LogP contribution in [-0.4, -0.2) is 22.6 Å². The summed E-state index contributed by atoms with van der Waals surface area (Å²) >= 11 is 0. The third kappa shape index (κ3) is 4.55. The Morgan fingerprint density at radius 2 is 1.86 bits per heavy atom. The summed E-state index contributed by atoms with van der Waals surface area (Å²) < 4.78 is 52.4. The van der Waals surface area contributed by atoms with Gasteiger partial charge in [-0.1, -0.05) is 18.2 Å². The molecule has 150 valence electrons. The van der Waals surface area contributed by atoms with Crippen molar-refractivity contribution in [3.8, 4) is 0 Å². The maximum absolute atomic E-state index is 14.6. The Morgan fingerprint density at radius 3 is 2.46 bits per heavy atom. The third-order valence-electron chi connectivity index (χ3n) is 4.89. The lowest BCUT2D eigenvalue weighted by molar-refractivity contribution is -0.137. The smallest absolute Gasteiger partial charge is 0.416 e. The molecule has 1 saturated heterocycles. The number of rotatable bonds is 4. The zero-order valence-electron chi connectivity index (χ0n) is 15.0. The highest BCUT2D eigenvalue weighted by Crippen LogP contribution is 2.33. The van der Waals surface area contributed by atoms with Crippen LogP contribution in [0.25, 0.3) is 0 Å². The summed E-state index contributed by atoms with van der Waals surface area (Å²) in [5, 5.41) is 12.3. The molecule has 1 fully saturated rings. The average Bonchev–Trinajstić information content (AvgIpc) is 2.66. The van der Waals surface area contributed by atoms with Crippen LogP contribution in [0.4, 0.5) is 28.0 Å². The number of nitrogens with zero attached hydrogens (tertiary/aromatic N) is 1. The van der Waals surface area contributed by atoms with Crippen molar-refractivity contribution in [3.63, 3.8) is 0 Å². The van der Waals surface area contributed by atoms with Crippen LogP contribution in [0.15, 0.2) is 42.5 Å². The number of hydrogen-bond donors (Lipinski definition) is 2. The summed E-state index contributed by atoms with van der Waals surface area (Å²) in [7, 11) is 0. The van der Waals surface area contributed by atoms with Gasteiger partial charge in [-0.25, -0.2) is 9.18 Å². The van der Waals surface area contributed by atoms with Gasteiger partial charge in [-0.15, -0.1) is 0 Å². The number of piperidine rings is 1. The zero-order valence-corrected chi connectivity index (χ0v) is 15.0. The summed E-state index contributed by atoms with van der Waals surface area (Å²) in [6.07, 6.45) is -3.28. The molecule has 1 aliphatic rings. The Labute approximate surface area is 159 Å². The van der Waals surface area contributed by atoms with E-state index in [1.165, 1.54) is 23.1 Å². The molecule has 3 rings (SSSR count). The van der Waals surface area contributed by atoms with Gasteiger partial charge in [-0.3, -0.25) is 0 Å². The molecule has 2 aromatic rings. The molecule has 0 saturated carbocycles. The molecular weight excluding hydrogens is 376 g/mol. The molecule has 1 atom stereocenters. The number of hydrogen-bond acceptors (Lipinski definition) is 2. The van der Waals surface area contributed by atoms with E-state index < -0.39 is 29.7 Å². The molecule has 4 nitrogen and oxygen atoms in total. The lowest BCUT2D eigenvalue weighted by Gasteiger charge is -2.34. The lowest BCUT2D eigenvalue weighted by Crippen LogP contribution is -2.37. The van der Waals surface area contributed by atoms with Crippen molar-refractivity contribution in [1.29, 1.82) is 0 Å². The summed E-state index contributed by atoms with van der Waals surface area (Å²) in [6, 6.07) is 8.74. The number of nitrogens with one attached hydrogen (secondary N) is 1. The second kappa shape index (κ2) is 8.08. The van der Waals surface area contributed by atoms with Crippen molar-refractivity contribution in [1.82, 2.24) is 4.90 Å². The highest BCUT2D eigenvalue weighted by Gasteiger charge is 2.30. The first-order valence-corrected chi connectivity index (χ1v) is 8.95. The van der Waals surface area contributed by atoms with Crippen molar-refractivity contribution in [3.05, 3.63) is 65.0 Å². The molecule has 2 aromatic carbocycles. The normalized spacial score (nSPS) is 17.4.